The summed E-state index contributed by atoms with van der Waals surface area (Å²) in [7, 11) is 0. The Hall–Kier alpha value is -1.40. The van der Waals surface area contributed by atoms with Crippen molar-refractivity contribution in [3.05, 3.63) is 12.2 Å². The number of hydrogen-bond donors (Lipinski definition) is 3. The van der Waals surface area contributed by atoms with Crippen LogP contribution in [0.25, 0.3) is 0 Å². The van der Waals surface area contributed by atoms with E-state index in [2.05, 4.69) is 11.4 Å². The lowest BCUT2D eigenvalue weighted by Gasteiger charge is -2.55. The van der Waals surface area contributed by atoms with Gasteiger partial charge in [-0.15, -0.1) is 0 Å². The van der Waals surface area contributed by atoms with Crippen LogP contribution in [0.1, 0.15) is 58.8 Å². The highest BCUT2D eigenvalue weighted by molar-refractivity contribution is 6.00. The van der Waals surface area contributed by atoms with Crippen molar-refractivity contribution >= 4 is 11.9 Å². The second-order valence-electron chi connectivity index (χ2n) is 7.91. The van der Waals surface area contributed by atoms with Crippen LogP contribution in [0.3, 0.4) is 0 Å². The van der Waals surface area contributed by atoms with Crippen LogP contribution in [-0.2, 0) is 14.3 Å². The standard InChI is InChI=1S/C19H29NO5/c1-3-13(21)9-10-14(16(23)12-7-5-4-6-8-12)19-17(24)25-18(19,2)11-15(22)20-19/h5,7,12-14,16,21,23H,3-4,6,8-11H2,1-2H3,(H,20,22)/t12?,13-,14?,16-,18-,19-/m0/s1. The molecule has 6 nitrogen and oxygen atoms in total. The second-order valence-corrected chi connectivity index (χ2v) is 7.91. The van der Waals surface area contributed by atoms with E-state index in [1.54, 1.807) is 6.92 Å². The van der Waals surface area contributed by atoms with Gasteiger partial charge in [0, 0.05) is 11.8 Å². The first-order valence-corrected chi connectivity index (χ1v) is 9.41. The number of esters is 1. The summed E-state index contributed by atoms with van der Waals surface area (Å²) in [5, 5.41) is 24.0. The third-order valence-electron chi connectivity index (χ3n) is 6.29. The highest BCUT2D eigenvalue weighted by Crippen LogP contribution is 2.52. The van der Waals surface area contributed by atoms with Crippen LogP contribution in [0, 0.1) is 11.8 Å². The van der Waals surface area contributed by atoms with E-state index in [-0.39, 0.29) is 18.2 Å². The van der Waals surface area contributed by atoms with Crippen LogP contribution >= 0.6 is 0 Å². The molecule has 6 atom stereocenters. The van der Waals surface area contributed by atoms with Gasteiger partial charge in [0.1, 0.15) is 0 Å². The van der Waals surface area contributed by atoms with Crippen molar-refractivity contribution in [3.63, 3.8) is 0 Å². The Morgan fingerprint density at radius 2 is 2.12 bits per heavy atom. The van der Waals surface area contributed by atoms with Gasteiger partial charge in [-0.25, -0.2) is 4.79 Å². The van der Waals surface area contributed by atoms with E-state index >= 15 is 0 Å². The summed E-state index contributed by atoms with van der Waals surface area (Å²) in [6.45, 7) is 3.66. The van der Waals surface area contributed by atoms with E-state index in [9.17, 15) is 19.8 Å². The van der Waals surface area contributed by atoms with Crippen LogP contribution in [0.4, 0.5) is 0 Å². The van der Waals surface area contributed by atoms with E-state index in [4.69, 9.17) is 4.74 Å². The molecule has 0 radical (unpaired) electrons. The van der Waals surface area contributed by atoms with E-state index < -0.39 is 35.2 Å². The summed E-state index contributed by atoms with van der Waals surface area (Å²) in [6, 6.07) is 0. The van der Waals surface area contributed by atoms with Gasteiger partial charge in [0.05, 0.1) is 18.6 Å². The van der Waals surface area contributed by atoms with Crippen molar-refractivity contribution < 1.29 is 24.5 Å². The van der Waals surface area contributed by atoms with Gasteiger partial charge < -0.3 is 20.3 Å². The topological polar surface area (TPSA) is 95.9 Å². The first-order chi connectivity index (χ1) is 11.8. The first kappa shape index (κ1) is 18.4. The number of amides is 1. The number of nitrogens with one attached hydrogen (secondary N) is 1. The molecule has 140 valence electrons. The molecule has 0 aromatic rings. The van der Waals surface area contributed by atoms with E-state index in [1.165, 1.54) is 0 Å². The van der Waals surface area contributed by atoms with Gasteiger partial charge in [-0.1, -0.05) is 19.1 Å². The van der Waals surface area contributed by atoms with Gasteiger partial charge in [-0.2, -0.15) is 0 Å². The molecule has 25 heavy (non-hydrogen) atoms. The molecule has 2 saturated heterocycles. The molecule has 0 saturated carbocycles. The molecule has 0 aromatic carbocycles. The molecule has 0 spiro atoms. The Morgan fingerprint density at radius 1 is 1.36 bits per heavy atom. The van der Waals surface area contributed by atoms with E-state index in [0.717, 1.165) is 19.3 Å². The maximum atomic E-state index is 12.5. The molecule has 6 heteroatoms. The molecule has 1 aliphatic carbocycles. The predicted octanol–water partition coefficient (Wildman–Crippen LogP) is 1.45. The lowest BCUT2D eigenvalue weighted by molar-refractivity contribution is -0.228. The summed E-state index contributed by atoms with van der Waals surface area (Å²) >= 11 is 0. The summed E-state index contributed by atoms with van der Waals surface area (Å²) in [6.07, 6.45) is 7.41. The zero-order valence-electron chi connectivity index (χ0n) is 15.0. The third kappa shape index (κ3) is 2.89. The molecule has 0 aromatic heterocycles. The van der Waals surface area contributed by atoms with Crippen molar-refractivity contribution in [1.82, 2.24) is 5.32 Å². The minimum absolute atomic E-state index is 0.0398. The van der Waals surface area contributed by atoms with Gasteiger partial charge in [0.25, 0.3) is 0 Å². The molecule has 0 bridgehead atoms. The molecule has 2 fully saturated rings. The third-order valence-corrected chi connectivity index (χ3v) is 6.29. The van der Waals surface area contributed by atoms with Crippen molar-refractivity contribution in [2.45, 2.75) is 82.1 Å². The first-order valence-electron chi connectivity index (χ1n) is 9.41. The summed E-state index contributed by atoms with van der Waals surface area (Å²) in [5.41, 5.74) is -2.09. The fourth-order valence-corrected chi connectivity index (χ4v) is 4.74. The maximum absolute atomic E-state index is 12.5. The normalized spacial score (nSPS) is 37.5. The van der Waals surface area contributed by atoms with Crippen LogP contribution < -0.4 is 5.32 Å². The van der Waals surface area contributed by atoms with Gasteiger partial charge in [-0.3, -0.25) is 4.79 Å². The highest BCUT2D eigenvalue weighted by atomic mass is 16.6. The monoisotopic (exact) mass is 351 g/mol. The quantitative estimate of drug-likeness (QED) is 0.476. The van der Waals surface area contributed by atoms with Gasteiger partial charge in [0.15, 0.2) is 11.1 Å². The fourth-order valence-electron chi connectivity index (χ4n) is 4.74. The molecule has 2 unspecified atom stereocenters. The molecule has 3 aliphatic rings. The average molecular weight is 351 g/mol. The molecule has 1 amide bonds. The van der Waals surface area contributed by atoms with Crippen LogP contribution in [0.2, 0.25) is 0 Å². The number of hydrogen-bond acceptors (Lipinski definition) is 5. The second kappa shape index (κ2) is 6.72. The Kier molecular flexibility index (Phi) is 4.95. The number of aliphatic hydroxyl groups is 2. The lowest BCUT2D eigenvalue weighted by atomic mass is 9.62. The number of carbonyl (C=O) groups is 2. The SMILES string of the molecule is CC[C@H](O)CCC([C@@H](O)C1C=CCCC1)[C@@]12NC(=O)C[C@]1(C)OC2=O. The van der Waals surface area contributed by atoms with Crippen LogP contribution in [0.5, 0.6) is 0 Å². The highest BCUT2D eigenvalue weighted by Gasteiger charge is 2.75. The number of fused-ring (bicyclic) bond motifs is 1. The van der Waals surface area contributed by atoms with Crippen molar-refractivity contribution in [2.75, 3.05) is 0 Å². The maximum Gasteiger partial charge on any atom is 0.337 e. The number of carbonyl (C=O) groups excluding carboxylic acids is 2. The molecular formula is C19H29NO5. The Balaban J connectivity index is 1.90. The summed E-state index contributed by atoms with van der Waals surface area (Å²) in [4.78, 5) is 24.6. The van der Waals surface area contributed by atoms with E-state index in [0.29, 0.717) is 19.3 Å². The Bertz CT molecular complexity index is 576. The summed E-state index contributed by atoms with van der Waals surface area (Å²) in [5.74, 6) is -1.20. The minimum Gasteiger partial charge on any atom is -0.454 e. The smallest absolute Gasteiger partial charge is 0.337 e. The number of rotatable bonds is 7. The van der Waals surface area contributed by atoms with Crippen molar-refractivity contribution in [1.29, 1.82) is 0 Å². The van der Waals surface area contributed by atoms with Crippen LogP contribution in [0.15, 0.2) is 12.2 Å². The zero-order valence-corrected chi connectivity index (χ0v) is 15.0. The van der Waals surface area contributed by atoms with Crippen molar-refractivity contribution in [2.24, 2.45) is 11.8 Å². The largest absolute Gasteiger partial charge is 0.454 e. The summed E-state index contributed by atoms with van der Waals surface area (Å²) < 4.78 is 5.36. The molecular weight excluding hydrogens is 322 g/mol. The number of aliphatic hydroxyl groups excluding tert-OH is 2. The van der Waals surface area contributed by atoms with Crippen LogP contribution in [-0.4, -0.2) is 45.4 Å². The lowest BCUT2D eigenvalue weighted by Crippen LogP contribution is -2.77. The molecule has 3 N–H and O–H groups in total. The van der Waals surface area contributed by atoms with Gasteiger partial charge >= 0.3 is 5.97 Å². The average Bonchev–Trinajstić information content (AvgIpc) is 2.81. The molecule has 3 rings (SSSR count). The Morgan fingerprint density at radius 3 is 2.68 bits per heavy atom. The van der Waals surface area contributed by atoms with Crippen molar-refractivity contribution in [3.8, 4) is 0 Å². The number of allylic oxidation sites excluding steroid dienone is 1. The zero-order chi connectivity index (χ0) is 18.2. The Labute approximate surface area is 148 Å². The predicted molar refractivity (Wildman–Crippen MR) is 91.5 cm³/mol. The molecule has 2 heterocycles. The fraction of sp³-hybridized carbons (Fsp3) is 0.789. The van der Waals surface area contributed by atoms with Gasteiger partial charge in [-0.05, 0) is 45.4 Å². The number of ether oxygens (including phenoxy) is 1. The minimum atomic E-state index is -1.18. The molecule has 2 aliphatic heterocycles. The van der Waals surface area contributed by atoms with Gasteiger partial charge in [0.2, 0.25) is 5.91 Å². The van der Waals surface area contributed by atoms with E-state index in [1.807, 2.05) is 13.0 Å².